The molecule has 32 heavy (non-hydrogen) atoms. The fourth-order valence-electron chi connectivity index (χ4n) is 3.58. The molecule has 3 rings (SSSR count). The van der Waals surface area contributed by atoms with Gasteiger partial charge in [-0.15, -0.1) is 0 Å². The third-order valence-corrected chi connectivity index (χ3v) is 7.48. The molecule has 2 aromatic carbocycles. The van der Waals surface area contributed by atoms with E-state index in [0.29, 0.717) is 38.3 Å². The van der Waals surface area contributed by atoms with Gasteiger partial charge >= 0.3 is 0 Å². The van der Waals surface area contributed by atoms with Crippen molar-refractivity contribution in [3.8, 4) is 5.75 Å². The second-order valence-corrected chi connectivity index (χ2v) is 9.80. The normalized spacial score (nSPS) is 15.3. The molecule has 0 bridgehead atoms. The molecule has 9 heteroatoms. The number of amides is 1. The monoisotopic (exact) mass is 459 g/mol. The van der Waals surface area contributed by atoms with Crippen molar-refractivity contribution in [1.82, 2.24) is 14.1 Å². The molecule has 0 unspecified atom stereocenters. The zero-order valence-corrected chi connectivity index (χ0v) is 19.5. The fourth-order valence-corrected chi connectivity index (χ4v) is 5.01. The minimum atomic E-state index is -3.63. The summed E-state index contributed by atoms with van der Waals surface area (Å²) in [6, 6.07) is 13.6. The first kappa shape index (κ1) is 23.9. The Labute approximate surface area is 189 Å². The number of benzene rings is 2. The van der Waals surface area contributed by atoms with Crippen LogP contribution in [0, 0.1) is 0 Å². The van der Waals surface area contributed by atoms with Gasteiger partial charge in [-0.25, -0.2) is 8.42 Å². The molecule has 0 radical (unpaired) electrons. The van der Waals surface area contributed by atoms with Gasteiger partial charge < -0.3 is 9.64 Å². The topological polar surface area (TPSA) is 87.2 Å². The Morgan fingerprint density at radius 1 is 1.03 bits per heavy atom. The summed E-state index contributed by atoms with van der Waals surface area (Å²) in [6.45, 7) is 3.72. The number of methoxy groups -OCH3 is 1. The van der Waals surface area contributed by atoms with E-state index in [1.54, 1.807) is 19.1 Å². The zero-order chi connectivity index (χ0) is 23.3. The number of Topliss-reactive ketones (excluding diaryl/α,β-unsaturated/α-hetero) is 1. The first-order valence-electron chi connectivity index (χ1n) is 10.4. The molecule has 0 aliphatic carbocycles. The number of likely N-dealkylation sites (N-methyl/N-ethyl adjacent to an activating group) is 1. The SMILES string of the molecule is COc1cccc(CN(C)C(=O)CN2CCN(S(=O)(=O)c3ccc(C(C)=O)cc3)CC2)c1. The molecule has 172 valence electrons. The van der Waals surface area contributed by atoms with Crippen molar-refractivity contribution in [2.24, 2.45) is 0 Å². The molecule has 1 heterocycles. The van der Waals surface area contributed by atoms with Crippen molar-refractivity contribution in [3.05, 3.63) is 59.7 Å². The molecule has 0 atom stereocenters. The molecule has 0 saturated carbocycles. The molecule has 1 aliphatic rings. The molecular weight excluding hydrogens is 430 g/mol. The summed E-state index contributed by atoms with van der Waals surface area (Å²) in [6.07, 6.45) is 0. The molecule has 2 aromatic rings. The standard InChI is InChI=1S/C23H29N3O5S/c1-18(27)20-7-9-22(10-8-20)32(29,30)26-13-11-25(12-14-26)17-23(28)24(2)16-19-5-4-6-21(15-19)31-3/h4-10,15H,11-14,16-17H2,1-3H3. The molecular formula is C23H29N3O5S. The molecule has 1 aliphatic heterocycles. The number of ether oxygens (including phenoxy) is 1. The summed E-state index contributed by atoms with van der Waals surface area (Å²) in [4.78, 5) is 27.9. The number of carbonyl (C=O) groups is 2. The Hall–Kier alpha value is -2.75. The average molecular weight is 460 g/mol. The number of carbonyl (C=O) groups excluding carboxylic acids is 2. The number of sulfonamides is 1. The van der Waals surface area contributed by atoms with Gasteiger partial charge in [0, 0.05) is 45.3 Å². The maximum absolute atomic E-state index is 12.9. The van der Waals surface area contributed by atoms with E-state index in [1.807, 2.05) is 29.2 Å². The Balaban J connectivity index is 1.53. The Morgan fingerprint density at radius 2 is 1.69 bits per heavy atom. The minimum Gasteiger partial charge on any atom is -0.497 e. The lowest BCUT2D eigenvalue weighted by Crippen LogP contribution is -2.51. The summed E-state index contributed by atoms with van der Waals surface area (Å²) in [7, 11) is -0.269. The lowest BCUT2D eigenvalue weighted by atomic mass is 10.2. The highest BCUT2D eigenvalue weighted by atomic mass is 32.2. The van der Waals surface area contributed by atoms with Crippen molar-refractivity contribution in [2.75, 3.05) is 46.9 Å². The maximum Gasteiger partial charge on any atom is 0.243 e. The number of rotatable bonds is 8. The largest absolute Gasteiger partial charge is 0.497 e. The van der Waals surface area contributed by atoms with Crippen LogP contribution in [0.5, 0.6) is 5.75 Å². The highest BCUT2D eigenvalue weighted by Gasteiger charge is 2.29. The number of ketones is 1. The maximum atomic E-state index is 12.9. The number of hydrogen-bond donors (Lipinski definition) is 0. The van der Waals surface area contributed by atoms with Crippen LogP contribution < -0.4 is 4.74 Å². The molecule has 1 amide bonds. The second kappa shape index (κ2) is 10.2. The molecule has 1 saturated heterocycles. The molecule has 1 fully saturated rings. The van der Waals surface area contributed by atoms with Crippen LogP contribution in [0.2, 0.25) is 0 Å². The molecule has 0 N–H and O–H groups in total. The Kier molecular flexibility index (Phi) is 7.65. The van der Waals surface area contributed by atoms with E-state index < -0.39 is 10.0 Å². The predicted molar refractivity (Wildman–Crippen MR) is 121 cm³/mol. The Morgan fingerprint density at radius 3 is 2.28 bits per heavy atom. The van der Waals surface area contributed by atoms with Gasteiger partial charge in [-0.2, -0.15) is 4.31 Å². The lowest BCUT2D eigenvalue weighted by Gasteiger charge is -2.34. The van der Waals surface area contributed by atoms with Crippen molar-refractivity contribution >= 4 is 21.7 Å². The quantitative estimate of drug-likeness (QED) is 0.560. The molecule has 8 nitrogen and oxygen atoms in total. The highest BCUT2D eigenvalue weighted by molar-refractivity contribution is 7.89. The zero-order valence-electron chi connectivity index (χ0n) is 18.7. The first-order chi connectivity index (χ1) is 15.2. The Bertz CT molecular complexity index is 1060. The fraction of sp³-hybridized carbons (Fsp3) is 0.391. The van der Waals surface area contributed by atoms with E-state index in [9.17, 15) is 18.0 Å². The van der Waals surface area contributed by atoms with Gasteiger partial charge in [0.25, 0.3) is 0 Å². The van der Waals surface area contributed by atoms with Crippen LogP contribution >= 0.6 is 0 Å². The van der Waals surface area contributed by atoms with E-state index in [0.717, 1.165) is 11.3 Å². The predicted octanol–water partition coefficient (Wildman–Crippen LogP) is 1.86. The van der Waals surface area contributed by atoms with E-state index in [-0.39, 0.29) is 23.1 Å². The van der Waals surface area contributed by atoms with E-state index in [1.165, 1.54) is 35.5 Å². The third-order valence-electron chi connectivity index (χ3n) is 5.57. The number of piperazine rings is 1. The summed E-state index contributed by atoms with van der Waals surface area (Å²) in [5.74, 6) is 0.615. The van der Waals surface area contributed by atoms with Gasteiger partial charge in [-0.3, -0.25) is 14.5 Å². The summed E-state index contributed by atoms with van der Waals surface area (Å²) < 4.78 is 32.4. The van der Waals surface area contributed by atoms with E-state index in [4.69, 9.17) is 4.74 Å². The van der Waals surface area contributed by atoms with Crippen LogP contribution in [0.3, 0.4) is 0 Å². The van der Waals surface area contributed by atoms with E-state index >= 15 is 0 Å². The van der Waals surface area contributed by atoms with Gasteiger partial charge in [0.1, 0.15) is 5.75 Å². The van der Waals surface area contributed by atoms with Crippen molar-refractivity contribution in [3.63, 3.8) is 0 Å². The van der Waals surface area contributed by atoms with Crippen LogP contribution in [0.25, 0.3) is 0 Å². The molecule has 0 aromatic heterocycles. The van der Waals surface area contributed by atoms with Gasteiger partial charge in [0.05, 0.1) is 18.6 Å². The first-order valence-corrected chi connectivity index (χ1v) is 11.8. The number of hydrogen-bond acceptors (Lipinski definition) is 6. The average Bonchev–Trinajstić information content (AvgIpc) is 2.79. The summed E-state index contributed by atoms with van der Waals surface area (Å²) in [5.41, 5.74) is 1.46. The van der Waals surface area contributed by atoms with Crippen LogP contribution in [0.4, 0.5) is 0 Å². The van der Waals surface area contributed by atoms with Crippen molar-refractivity contribution < 1.29 is 22.7 Å². The summed E-state index contributed by atoms with van der Waals surface area (Å²) in [5, 5.41) is 0. The van der Waals surface area contributed by atoms with Gasteiger partial charge in [0.15, 0.2) is 5.78 Å². The lowest BCUT2D eigenvalue weighted by molar-refractivity contribution is -0.131. The van der Waals surface area contributed by atoms with Crippen molar-refractivity contribution in [1.29, 1.82) is 0 Å². The third kappa shape index (κ3) is 5.73. The summed E-state index contributed by atoms with van der Waals surface area (Å²) >= 11 is 0. The van der Waals surface area contributed by atoms with Crippen LogP contribution in [0.1, 0.15) is 22.8 Å². The smallest absolute Gasteiger partial charge is 0.243 e. The van der Waals surface area contributed by atoms with Crippen LogP contribution in [0.15, 0.2) is 53.4 Å². The number of nitrogens with zero attached hydrogens (tertiary/aromatic N) is 3. The van der Waals surface area contributed by atoms with Gasteiger partial charge in [-0.05, 0) is 36.8 Å². The van der Waals surface area contributed by atoms with Gasteiger partial charge in [0.2, 0.25) is 15.9 Å². The van der Waals surface area contributed by atoms with Crippen LogP contribution in [-0.2, 0) is 21.4 Å². The van der Waals surface area contributed by atoms with Crippen molar-refractivity contribution in [2.45, 2.75) is 18.4 Å². The van der Waals surface area contributed by atoms with Gasteiger partial charge in [-0.1, -0.05) is 24.3 Å². The molecule has 0 spiro atoms. The van der Waals surface area contributed by atoms with E-state index in [2.05, 4.69) is 0 Å². The highest BCUT2D eigenvalue weighted by Crippen LogP contribution is 2.19. The second-order valence-electron chi connectivity index (χ2n) is 7.86. The van der Waals surface area contributed by atoms with Crippen LogP contribution in [-0.4, -0.2) is 81.1 Å². The minimum absolute atomic E-state index is 0.0241.